The predicted molar refractivity (Wildman–Crippen MR) is 87.1 cm³/mol. The molecule has 1 aromatic heterocycles. The van der Waals surface area contributed by atoms with E-state index in [4.69, 9.17) is 4.74 Å². The summed E-state index contributed by atoms with van der Waals surface area (Å²) < 4.78 is 5.18. The largest absolute Gasteiger partial charge is 0.444 e. The molecule has 0 aromatic carbocycles. The van der Waals surface area contributed by atoms with Gasteiger partial charge in [0.25, 0.3) is 0 Å². The number of anilines is 1. The van der Waals surface area contributed by atoms with Crippen LogP contribution in [0.2, 0.25) is 0 Å². The Morgan fingerprint density at radius 2 is 2.09 bits per heavy atom. The number of nitrogens with one attached hydrogen (secondary N) is 2. The molecule has 1 atom stereocenters. The number of alkyl carbamates (subject to hydrolysis) is 1. The fourth-order valence-corrected chi connectivity index (χ4v) is 2.35. The lowest BCUT2D eigenvalue weighted by Crippen LogP contribution is -2.44. The summed E-state index contributed by atoms with van der Waals surface area (Å²) in [6.45, 7) is 7.25. The van der Waals surface area contributed by atoms with Gasteiger partial charge in [-0.05, 0) is 39.3 Å². The summed E-state index contributed by atoms with van der Waals surface area (Å²) in [5.74, 6) is -0.0626. The van der Waals surface area contributed by atoms with E-state index < -0.39 is 17.7 Å². The second-order valence-electron chi connectivity index (χ2n) is 6.48. The van der Waals surface area contributed by atoms with E-state index in [0.717, 1.165) is 5.69 Å². The first-order chi connectivity index (χ1) is 10.8. The van der Waals surface area contributed by atoms with Crippen molar-refractivity contribution in [2.24, 2.45) is 0 Å². The molecule has 0 saturated carbocycles. The summed E-state index contributed by atoms with van der Waals surface area (Å²) in [6.07, 6.45) is 3.48. The van der Waals surface area contributed by atoms with Gasteiger partial charge < -0.3 is 20.3 Å². The molecule has 7 nitrogen and oxygen atoms in total. The van der Waals surface area contributed by atoms with Crippen LogP contribution in [0, 0.1) is 0 Å². The number of likely N-dealkylation sites (tertiary alicyclic amines) is 1. The highest BCUT2D eigenvalue weighted by Gasteiger charge is 2.33. The Bertz CT molecular complexity index is 542. The Hall–Kier alpha value is -2.31. The Balaban J connectivity index is 1.74. The van der Waals surface area contributed by atoms with Crippen molar-refractivity contribution in [1.29, 1.82) is 0 Å². The number of carbonyl (C=O) groups excluding carboxylic acids is 2. The minimum Gasteiger partial charge on any atom is -0.444 e. The Labute approximate surface area is 136 Å². The van der Waals surface area contributed by atoms with E-state index in [2.05, 4.69) is 15.6 Å². The van der Waals surface area contributed by atoms with Gasteiger partial charge in [0.05, 0.1) is 0 Å². The number of aromatic nitrogens is 1. The van der Waals surface area contributed by atoms with Crippen LogP contribution in [0.3, 0.4) is 0 Å². The SMILES string of the molecule is CC(C)(C)OC(=O)N[C@H]1CCN(CCNc2ccncc2)C1=O. The van der Waals surface area contributed by atoms with Crippen LogP contribution in [0.1, 0.15) is 27.2 Å². The Kier molecular flexibility index (Phi) is 5.41. The monoisotopic (exact) mass is 320 g/mol. The molecule has 0 spiro atoms. The summed E-state index contributed by atoms with van der Waals surface area (Å²) in [7, 11) is 0. The molecular weight excluding hydrogens is 296 g/mol. The van der Waals surface area contributed by atoms with Crippen LogP contribution in [0.5, 0.6) is 0 Å². The summed E-state index contributed by atoms with van der Waals surface area (Å²) in [5, 5.41) is 5.88. The summed E-state index contributed by atoms with van der Waals surface area (Å²) in [5.41, 5.74) is 0.398. The lowest BCUT2D eigenvalue weighted by molar-refractivity contribution is -0.129. The quantitative estimate of drug-likeness (QED) is 0.861. The van der Waals surface area contributed by atoms with Crippen molar-refractivity contribution in [3.05, 3.63) is 24.5 Å². The first-order valence-electron chi connectivity index (χ1n) is 7.77. The normalized spacial score (nSPS) is 18.0. The number of nitrogens with zero attached hydrogens (tertiary/aromatic N) is 2. The molecule has 2 amide bonds. The fourth-order valence-electron chi connectivity index (χ4n) is 2.35. The third-order valence-corrected chi connectivity index (χ3v) is 3.38. The van der Waals surface area contributed by atoms with Crippen molar-refractivity contribution < 1.29 is 14.3 Å². The standard InChI is InChI=1S/C16H24N4O3/c1-16(2,3)23-15(22)19-13-6-10-20(14(13)21)11-9-18-12-4-7-17-8-5-12/h4-5,7-8,13H,6,9-11H2,1-3H3,(H,17,18)(H,19,22)/t13-/m0/s1. The smallest absolute Gasteiger partial charge is 0.408 e. The molecule has 1 saturated heterocycles. The van der Waals surface area contributed by atoms with Crippen molar-refractivity contribution in [3.63, 3.8) is 0 Å². The first-order valence-corrected chi connectivity index (χ1v) is 7.77. The van der Waals surface area contributed by atoms with Crippen molar-refractivity contribution in [2.45, 2.75) is 38.8 Å². The number of pyridine rings is 1. The van der Waals surface area contributed by atoms with Gasteiger partial charge in [0.15, 0.2) is 0 Å². The molecule has 0 bridgehead atoms. The number of hydrogen-bond acceptors (Lipinski definition) is 5. The molecule has 1 aliphatic rings. The molecule has 2 N–H and O–H groups in total. The second kappa shape index (κ2) is 7.30. The van der Waals surface area contributed by atoms with Gasteiger partial charge in [0, 0.05) is 37.7 Å². The summed E-state index contributed by atoms with van der Waals surface area (Å²) in [4.78, 5) is 29.7. The summed E-state index contributed by atoms with van der Waals surface area (Å²) in [6, 6.07) is 3.25. The molecule has 0 radical (unpaired) electrons. The molecule has 126 valence electrons. The maximum atomic E-state index is 12.3. The molecule has 2 rings (SSSR count). The van der Waals surface area contributed by atoms with E-state index in [-0.39, 0.29) is 5.91 Å². The van der Waals surface area contributed by atoms with Gasteiger partial charge in [0.1, 0.15) is 11.6 Å². The van der Waals surface area contributed by atoms with Crippen molar-refractivity contribution in [3.8, 4) is 0 Å². The molecule has 7 heteroatoms. The number of hydrogen-bond donors (Lipinski definition) is 2. The lowest BCUT2D eigenvalue weighted by Gasteiger charge is -2.21. The third kappa shape index (κ3) is 5.43. The van der Waals surface area contributed by atoms with Crippen LogP contribution < -0.4 is 10.6 Å². The molecule has 23 heavy (non-hydrogen) atoms. The average Bonchev–Trinajstić information content (AvgIpc) is 2.79. The van der Waals surface area contributed by atoms with E-state index in [0.29, 0.717) is 26.1 Å². The molecule has 1 fully saturated rings. The maximum Gasteiger partial charge on any atom is 0.408 e. The van der Waals surface area contributed by atoms with Gasteiger partial charge in [0.2, 0.25) is 5.91 Å². The van der Waals surface area contributed by atoms with Crippen molar-refractivity contribution in [1.82, 2.24) is 15.2 Å². The predicted octanol–water partition coefficient (Wildman–Crippen LogP) is 1.62. The third-order valence-electron chi connectivity index (χ3n) is 3.38. The number of rotatable bonds is 5. The van der Waals surface area contributed by atoms with Crippen LogP contribution in [0.25, 0.3) is 0 Å². The van der Waals surface area contributed by atoms with Gasteiger partial charge in [-0.1, -0.05) is 0 Å². The zero-order valence-electron chi connectivity index (χ0n) is 13.8. The minimum absolute atomic E-state index is 0.0626. The van der Waals surface area contributed by atoms with Gasteiger partial charge in [-0.25, -0.2) is 4.79 Å². The van der Waals surface area contributed by atoms with Crippen LogP contribution in [0.15, 0.2) is 24.5 Å². The highest BCUT2D eigenvalue weighted by Crippen LogP contribution is 2.13. The molecule has 1 aromatic rings. The van der Waals surface area contributed by atoms with Crippen LogP contribution >= 0.6 is 0 Å². The molecule has 2 heterocycles. The lowest BCUT2D eigenvalue weighted by atomic mass is 10.2. The van der Waals surface area contributed by atoms with Crippen molar-refractivity contribution >= 4 is 17.7 Å². The van der Waals surface area contributed by atoms with Crippen molar-refractivity contribution in [2.75, 3.05) is 25.0 Å². The summed E-state index contributed by atoms with van der Waals surface area (Å²) >= 11 is 0. The number of ether oxygens (including phenoxy) is 1. The van der Waals surface area contributed by atoms with E-state index >= 15 is 0 Å². The zero-order chi connectivity index (χ0) is 16.9. The zero-order valence-corrected chi connectivity index (χ0v) is 13.8. The van der Waals surface area contributed by atoms with Gasteiger partial charge in [-0.3, -0.25) is 9.78 Å². The first kappa shape index (κ1) is 17.1. The molecule has 1 aliphatic heterocycles. The molecular formula is C16H24N4O3. The van der Waals surface area contributed by atoms with Crippen LogP contribution in [-0.2, 0) is 9.53 Å². The van der Waals surface area contributed by atoms with Crippen LogP contribution in [0.4, 0.5) is 10.5 Å². The van der Waals surface area contributed by atoms with E-state index in [1.165, 1.54) is 0 Å². The van der Waals surface area contributed by atoms with Gasteiger partial charge in [-0.15, -0.1) is 0 Å². The molecule has 0 unspecified atom stereocenters. The van der Waals surface area contributed by atoms with E-state index in [9.17, 15) is 9.59 Å². The van der Waals surface area contributed by atoms with Gasteiger partial charge in [-0.2, -0.15) is 0 Å². The second-order valence-corrected chi connectivity index (χ2v) is 6.48. The topological polar surface area (TPSA) is 83.6 Å². The Morgan fingerprint density at radius 1 is 1.39 bits per heavy atom. The average molecular weight is 320 g/mol. The Morgan fingerprint density at radius 3 is 2.74 bits per heavy atom. The van der Waals surface area contributed by atoms with Gasteiger partial charge >= 0.3 is 6.09 Å². The highest BCUT2D eigenvalue weighted by atomic mass is 16.6. The fraction of sp³-hybridized carbons (Fsp3) is 0.562. The number of amides is 2. The van der Waals surface area contributed by atoms with E-state index in [1.807, 2.05) is 12.1 Å². The number of carbonyl (C=O) groups is 2. The maximum absolute atomic E-state index is 12.3. The minimum atomic E-state index is -0.570. The van der Waals surface area contributed by atoms with E-state index in [1.54, 1.807) is 38.1 Å². The highest BCUT2D eigenvalue weighted by molar-refractivity contribution is 5.87. The van der Waals surface area contributed by atoms with Crippen LogP contribution in [-0.4, -0.2) is 53.2 Å². The molecule has 0 aliphatic carbocycles.